The Hall–Kier alpha value is -0.890. The molecule has 66 valence electrons. The molecule has 1 heterocycles. The molecular formula is C10H15NO. The van der Waals surface area contributed by atoms with Gasteiger partial charge >= 0.3 is 0 Å². The van der Waals surface area contributed by atoms with Gasteiger partial charge in [-0.3, -0.25) is 4.98 Å². The molecule has 12 heavy (non-hydrogen) atoms. The Morgan fingerprint density at radius 3 is 2.92 bits per heavy atom. The average molecular weight is 165 g/mol. The van der Waals surface area contributed by atoms with Gasteiger partial charge in [0.25, 0.3) is 0 Å². The number of aliphatic hydroxyl groups excluding tert-OH is 1. The third-order valence-corrected chi connectivity index (χ3v) is 1.93. The van der Waals surface area contributed by atoms with Crippen molar-refractivity contribution in [2.75, 3.05) is 6.61 Å². The standard InChI is InChI=1S/C10H15NO/c1-9(8-12)5-6-10-4-2-3-7-11-10/h2-4,7,9,12H,5-6,8H2,1H3/t9-/m0/s1. The van der Waals surface area contributed by atoms with Crippen molar-refractivity contribution in [3.05, 3.63) is 30.1 Å². The van der Waals surface area contributed by atoms with E-state index in [0.717, 1.165) is 18.5 Å². The monoisotopic (exact) mass is 165 g/mol. The molecular weight excluding hydrogens is 150 g/mol. The van der Waals surface area contributed by atoms with Gasteiger partial charge in [-0.25, -0.2) is 0 Å². The SMILES string of the molecule is C[C@H](CO)CCc1ccccn1. The molecule has 2 nitrogen and oxygen atoms in total. The Balaban J connectivity index is 2.33. The van der Waals surface area contributed by atoms with Crippen molar-refractivity contribution in [2.45, 2.75) is 19.8 Å². The summed E-state index contributed by atoms with van der Waals surface area (Å²) in [4.78, 5) is 4.20. The number of rotatable bonds is 4. The smallest absolute Gasteiger partial charge is 0.0456 e. The number of pyridine rings is 1. The summed E-state index contributed by atoms with van der Waals surface area (Å²) in [5.41, 5.74) is 1.11. The van der Waals surface area contributed by atoms with E-state index >= 15 is 0 Å². The number of hydrogen-bond acceptors (Lipinski definition) is 2. The van der Waals surface area contributed by atoms with Gasteiger partial charge in [0.2, 0.25) is 0 Å². The zero-order valence-corrected chi connectivity index (χ0v) is 7.40. The molecule has 0 aliphatic carbocycles. The lowest BCUT2D eigenvalue weighted by molar-refractivity contribution is 0.230. The molecule has 0 saturated heterocycles. The molecule has 0 fully saturated rings. The highest BCUT2D eigenvalue weighted by Gasteiger charge is 2.00. The van der Waals surface area contributed by atoms with Crippen LogP contribution in [0, 0.1) is 5.92 Å². The quantitative estimate of drug-likeness (QED) is 0.735. The van der Waals surface area contributed by atoms with Crippen LogP contribution in [-0.4, -0.2) is 16.7 Å². The third kappa shape index (κ3) is 3.01. The second-order valence-corrected chi connectivity index (χ2v) is 3.15. The van der Waals surface area contributed by atoms with Gasteiger partial charge in [0.15, 0.2) is 0 Å². The molecule has 0 aromatic carbocycles. The van der Waals surface area contributed by atoms with Gasteiger partial charge in [-0.1, -0.05) is 13.0 Å². The molecule has 1 aromatic rings. The Labute approximate surface area is 73.3 Å². The molecule has 1 N–H and O–H groups in total. The van der Waals surface area contributed by atoms with Crippen LogP contribution in [0.1, 0.15) is 19.0 Å². The minimum Gasteiger partial charge on any atom is -0.396 e. The summed E-state index contributed by atoms with van der Waals surface area (Å²) in [5, 5.41) is 8.79. The molecule has 0 aliphatic heterocycles. The maximum Gasteiger partial charge on any atom is 0.0456 e. The largest absolute Gasteiger partial charge is 0.396 e. The van der Waals surface area contributed by atoms with Gasteiger partial charge in [-0.05, 0) is 30.9 Å². The number of aryl methyl sites for hydroxylation is 1. The van der Waals surface area contributed by atoms with Gasteiger partial charge < -0.3 is 5.11 Å². The van der Waals surface area contributed by atoms with Gasteiger partial charge in [0.1, 0.15) is 0 Å². The summed E-state index contributed by atoms with van der Waals surface area (Å²) in [5.74, 6) is 0.381. The molecule has 1 rings (SSSR count). The molecule has 0 radical (unpaired) electrons. The van der Waals surface area contributed by atoms with Crippen LogP contribution < -0.4 is 0 Å². The summed E-state index contributed by atoms with van der Waals surface area (Å²) in [7, 11) is 0. The summed E-state index contributed by atoms with van der Waals surface area (Å²) >= 11 is 0. The lowest BCUT2D eigenvalue weighted by atomic mass is 10.1. The average Bonchev–Trinajstić information content (AvgIpc) is 2.16. The van der Waals surface area contributed by atoms with Crippen LogP contribution >= 0.6 is 0 Å². The maximum absolute atomic E-state index is 8.79. The normalized spacial score (nSPS) is 12.8. The highest BCUT2D eigenvalue weighted by Crippen LogP contribution is 2.05. The first-order chi connectivity index (χ1) is 5.83. The van der Waals surface area contributed by atoms with E-state index in [1.54, 1.807) is 6.20 Å². The first-order valence-electron chi connectivity index (χ1n) is 4.33. The topological polar surface area (TPSA) is 33.1 Å². The molecule has 0 unspecified atom stereocenters. The van der Waals surface area contributed by atoms with Crippen LogP contribution in [0.2, 0.25) is 0 Å². The van der Waals surface area contributed by atoms with E-state index in [4.69, 9.17) is 5.11 Å². The Morgan fingerprint density at radius 2 is 2.33 bits per heavy atom. The van der Waals surface area contributed by atoms with Crippen molar-refractivity contribution < 1.29 is 5.11 Å². The van der Waals surface area contributed by atoms with E-state index in [-0.39, 0.29) is 6.61 Å². The summed E-state index contributed by atoms with van der Waals surface area (Å²) in [6, 6.07) is 5.93. The lowest BCUT2D eigenvalue weighted by Gasteiger charge is -2.05. The molecule has 0 spiro atoms. The summed E-state index contributed by atoms with van der Waals surface area (Å²) < 4.78 is 0. The van der Waals surface area contributed by atoms with Crippen LogP contribution in [0.3, 0.4) is 0 Å². The predicted octanol–water partition coefficient (Wildman–Crippen LogP) is 1.64. The Morgan fingerprint density at radius 1 is 1.50 bits per heavy atom. The van der Waals surface area contributed by atoms with E-state index in [0.29, 0.717) is 5.92 Å². The van der Waals surface area contributed by atoms with Crippen LogP contribution in [0.25, 0.3) is 0 Å². The molecule has 0 bridgehead atoms. The first-order valence-corrected chi connectivity index (χ1v) is 4.33. The van der Waals surface area contributed by atoms with Gasteiger partial charge in [0.05, 0.1) is 0 Å². The van der Waals surface area contributed by atoms with Gasteiger partial charge in [0, 0.05) is 18.5 Å². The highest BCUT2D eigenvalue weighted by atomic mass is 16.3. The second-order valence-electron chi connectivity index (χ2n) is 3.15. The minimum absolute atomic E-state index is 0.271. The van der Waals surface area contributed by atoms with Crippen LogP contribution in [0.5, 0.6) is 0 Å². The van der Waals surface area contributed by atoms with E-state index in [2.05, 4.69) is 4.98 Å². The molecule has 1 aromatic heterocycles. The van der Waals surface area contributed by atoms with Crippen molar-refractivity contribution in [1.29, 1.82) is 0 Å². The molecule has 2 heteroatoms. The Bertz CT molecular complexity index is 210. The van der Waals surface area contributed by atoms with Crippen LogP contribution in [0.4, 0.5) is 0 Å². The first kappa shape index (κ1) is 9.20. The summed E-state index contributed by atoms with van der Waals surface area (Å²) in [6.45, 7) is 2.32. The molecule has 0 saturated carbocycles. The minimum atomic E-state index is 0.271. The third-order valence-electron chi connectivity index (χ3n) is 1.93. The van der Waals surface area contributed by atoms with Crippen LogP contribution in [0.15, 0.2) is 24.4 Å². The zero-order valence-electron chi connectivity index (χ0n) is 7.40. The number of aromatic nitrogens is 1. The van der Waals surface area contributed by atoms with E-state index in [1.807, 2.05) is 25.1 Å². The maximum atomic E-state index is 8.79. The Kier molecular flexibility index (Phi) is 3.74. The molecule has 1 atom stereocenters. The molecule has 0 aliphatic rings. The number of aliphatic hydroxyl groups is 1. The predicted molar refractivity (Wildman–Crippen MR) is 48.8 cm³/mol. The number of hydrogen-bond donors (Lipinski definition) is 1. The lowest BCUT2D eigenvalue weighted by Crippen LogP contribution is -2.02. The zero-order chi connectivity index (χ0) is 8.81. The van der Waals surface area contributed by atoms with Crippen molar-refractivity contribution >= 4 is 0 Å². The summed E-state index contributed by atoms with van der Waals surface area (Å²) in [6.07, 6.45) is 3.77. The van der Waals surface area contributed by atoms with Crippen molar-refractivity contribution in [3.8, 4) is 0 Å². The van der Waals surface area contributed by atoms with Gasteiger partial charge in [-0.2, -0.15) is 0 Å². The van der Waals surface area contributed by atoms with E-state index < -0.39 is 0 Å². The van der Waals surface area contributed by atoms with Gasteiger partial charge in [-0.15, -0.1) is 0 Å². The number of nitrogens with zero attached hydrogens (tertiary/aromatic N) is 1. The highest BCUT2D eigenvalue weighted by molar-refractivity contribution is 5.03. The van der Waals surface area contributed by atoms with Crippen molar-refractivity contribution in [2.24, 2.45) is 5.92 Å². The van der Waals surface area contributed by atoms with E-state index in [1.165, 1.54) is 0 Å². The van der Waals surface area contributed by atoms with Crippen molar-refractivity contribution in [1.82, 2.24) is 4.98 Å². The second kappa shape index (κ2) is 4.88. The molecule has 0 amide bonds. The fourth-order valence-electron chi connectivity index (χ4n) is 1.03. The van der Waals surface area contributed by atoms with E-state index in [9.17, 15) is 0 Å². The fraction of sp³-hybridized carbons (Fsp3) is 0.500. The van der Waals surface area contributed by atoms with Crippen molar-refractivity contribution in [3.63, 3.8) is 0 Å². The van der Waals surface area contributed by atoms with Crippen LogP contribution in [-0.2, 0) is 6.42 Å². The fourth-order valence-corrected chi connectivity index (χ4v) is 1.03.